The van der Waals surface area contributed by atoms with Crippen molar-refractivity contribution in [3.8, 4) is 5.75 Å². The number of halogens is 2. The van der Waals surface area contributed by atoms with Crippen molar-refractivity contribution in [3.05, 3.63) is 29.8 Å². The minimum Gasteiger partial charge on any atom is -0.544 e. The van der Waals surface area contributed by atoms with Crippen LogP contribution >= 0.6 is 0 Å². The number of hydrogen-bond acceptors (Lipinski definition) is 7. The first-order valence-electron chi connectivity index (χ1n) is 9.20. The summed E-state index contributed by atoms with van der Waals surface area (Å²) >= 11 is 0. The van der Waals surface area contributed by atoms with Crippen LogP contribution in [0.15, 0.2) is 24.3 Å². The molecule has 1 aliphatic rings. The number of carboxylic acids is 1. The Morgan fingerprint density at radius 1 is 1.00 bits per heavy atom. The zero-order chi connectivity index (χ0) is 21.9. The molecule has 0 atom stereocenters. The molecular formula is C20H23F2O7-. The number of aliphatic carboxylic acids is 1. The highest BCUT2D eigenvalue weighted by Crippen LogP contribution is 2.44. The van der Waals surface area contributed by atoms with Gasteiger partial charge in [0, 0.05) is 0 Å². The summed E-state index contributed by atoms with van der Waals surface area (Å²) < 4.78 is 43.6. The molecule has 1 aromatic rings. The quantitative estimate of drug-likeness (QED) is 0.539. The Hall–Kier alpha value is -2.71. The van der Waals surface area contributed by atoms with Crippen LogP contribution in [-0.2, 0) is 14.3 Å². The third kappa shape index (κ3) is 5.42. The summed E-state index contributed by atoms with van der Waals surface area (Å²) in [5.41, 5.74) is -3.30. The Balaban J connectivity index is 2.13. The number of carboxylic acid groups (broad SMARTS) is 1. The molecule has 1 saturated carbocycles. The van der Waals surface area contributed by atoms with E-state index in [1.807, 2.05) is 0 Å². The van der Waals surface area contributed by atoms with Crippen LogP contribution in [0.2, 0.25) is 0 Å². The minimum absolute atomic E-state index is 0.0724. The van der Waals surface area contributed by atoms with E-state index in [4.69, 9.17) is 14.2 Å². The van der Waals surface area contributed by atoms with Gasteiger partial charge in [-0.2, -0.15) is 8.78 Å². The number of benzene rings is 1. The molecule has 0 unspecified atom stereocenters. The number of hydrogen-bond donors (Lipinski definition) is 0. The summed E-state index contributed by atoms with van der Waals surface area (Å²) in [5.74, 6) is -7.92. The third-order valence-corrected chi connectivity index (χ3v) is 4.46. The average Bonchev–Trinajstić information content (AvgIpc) is 2.61. The molecule has 0 amide bonds. The molecule has 9 heteroatoms. The lowest BCUT2D eigenvalue weighted by atomic mass is 9.79. The Kier molecular flexibility index (Phi) is 6.50. The van der Waals surface area contributed by atoms with Crippen LogP contribution in [-0.4, -0.2) is 35.2 Å². The molecule has 0 heterocycles. The SMILES string of the molecule is CC(C)(C)OC(=O)Oc1ccc(C(=O)OC2(C(F)(F)C(=O)[O-])CCCCC2)cc1. The number of alkyl halides is 2. The molecule has 0 spiro atoms. The van der Waals surface area contributed by atoms with Crippen molar-refractivity contribution < 1.29 is 42.5 Å². The number of carbonyl (C=O) groups is 3. The maximum atomic E-state index is 14.3. The van der Waals surface area contributed by atoms with Crippen molar-refractivity contribution >= 4 is 18.1 Å². The number of carbonyl (C=O) groups excluding carboxylic acids is 3. The summed E-state index contributed by atoms with van der Waals surface area (Å²) in [6, 6.07) is 4.97. The largest absolute Gasteiger partial charge is 0.544 e. The van der Waals surface area contributed by atoms with Crippen molar-refractivity contribution in [1.29, 1.82) is 0 Å². The molecule has 0 aliphatic heterocycles. The topological polar surface area (TPSA) is 102 Å². The number of esters is 1. The fourth-order valence-corrected chi connectivity index (χ4v) is 3.05. The Morgan fingerprint density at radius 3 is 2.03 bits per heavy atom. The molecule has 1 aliphatic carbocycles. The van der Waals surface area contributed by atoms with Crippen LogP contribution in [0.3, 0.4) is 0 Å². The van der Waals surface area contributed by atoms with Gasteiger partial charge in [-0.05, 0) is 70.7 Å². The van der Waals surface area contributed by atoms with Gasteiger partial charge >= 0.3 is 18.0 Å². The smallest absolute Gasteiger partial charge is 0.514 e. The van der Waals surface area contributed by atoms with Crippen LogP contribution in [0.1, 0.15) is 63.2 Å². The molecule has 7 nitrogen and oxygen atoms in total. The monoisotopic (exact) mass is 413 g/mol. The van der Waals surface area contributed by atoms with E-state index < -0.39 is 35.2 Å². The van der Waals surface area contributed by atoms with E-state index in [2.05, 4.69) is 0 Å². The maximum Gasteiger partial charge on any atom is 0.514 e. The highest BCUT2D eigenvalue weighted by Gasteiger charge is 2.58. The first-order chi connectivity index (χ1) is 13.4. The second-order valence-corrected chi connectivity index (χ2v) is 7.90. The average molecular weight is 413 g/mol. The minimum atomic E-state index is -4.32. The maximum absolute atomic E-state index is 14.3. The Labute approximate surface area is 166 Å². The second-order valence-electron chi connectivity index (χ2n) is 7.90. The van der Waals surface area contributed by atoms with Crippen LogP contribution in [0.25, 0.3) is 0 Å². The van der Waals surface area contributed by atoms with E-state index in [9.17, 15) is 28.3 Å². The molecule has 0 aromatic heterocycles. The van der Waals surface area contributed by atoms with Gasteiger partial charge in [0.15, 0.2) is 5.60 Å². The van der Waals surface area contributed by atoms with E-state index >= 15 is 0 Å². The first-order valence-corrected chi connectivity index (χ1v) is 9.20. The van der Waals surface area contributed by atoms with Crippen molar-refractivity contribution in [2.45, 2.75) is 70.0 Å². The van der Waals surface area contributed by atoms with Crippen molar-refractivity contribution in [1.82, 2.24) is 0 Å². The molecular weight excluding hydrogens is 390 g/mol. The summed E-state index contributed by atoms with van der Waals surface area (Å²) in [5, 5.41) is 11.0. The van der Waals surface area contributed by atoms with Gasteiger partial charge in [0.05, 0.1) is 5.56 Å². The van der Waals surface area contributed by atoms with E-state index in [-0.39, 0.29) is 24.2 Å². The molecule has 29 heavy (non-hydrogen) atoms. The van der Waals surface area contributed by atoms with Crippen LogP contribution in [0.5, 0.6) is 5.75 Å². The first kappa shape index (κ1) is 22.6. The number of rotatable bonds is 5. The number of ether oxygens (including phenoxy) is 3. The van der Waals surface area contributed by atoms with Crippen LogP contribution in [0, 0.1) is 0 Å². The van der Waals surface area contributed by atoms with E-state index in [1.165, 1.54) is 24.3 Å². The molecule has 0 saturated heterocycles. The fraction of sp³-hybridized carbons (Fsp3) is 0.550. The van der Waals surface area contributed by atoms with E-state index in [0.29, 0.717) is 19.3 Å². The standard InChI is InChI=1S/C20H24F2O7/c1-18(2,3)29-17(26)27-14-9-7-13(8-10-14)15(23)28-19(11-5-4-6-12-19)20(21,22)16(24)25/h7-10H,4-6,11-12H2,1-3H3,(H,24,25)/p-1. The lowest BCUT2D eigenvalue weighted by Crippen LogP contribution is -2.61. The Bertz CT molecular complexity index is 760. The van der Waals surface area contributed by atoms with Crippen molar-refractivity contribution in [2.75, 3.05) is 0 Å². The van der Waals surface area contributed by atoms with Gasteiger partial charge in [-0.3, -0.25) is 0 Å². The summed E-state index contributed by atoms with van der Waals surface area (Å²) in [6.07, 6.45) is -0.252. The van der Waals surface area contributed by atoms with E-state index in [1.54, 1.807) is 20.8 Å². The van der Waals surface area contributed by atoms with Gasteiger partial charge < -0.3 is 24.1 Å². The fourth-order valence-electron chi connectivity index (χ4n) is 3.05. The zero-order valence-corrected chi connectivity index (χ0v) is 16.5. The summed E-state index contributed by atoms with van der Waals surface area (Å²) in [7, 11) is 0. The normalized spacial score (nSPS) is 16.6. The lowest BCUT2D eigenvalue weighted by molar-refractivity contribution is -0.345. The predicted molar refractivity (Wildman–Crippen MR) is 94.5 cm³/mol. The summed E-state index contributed by atoms with van der Waals surface area (Å²) in [6.45, 7) is 4.99. The van der Waals surface area contributed by atoms with Crippen LogP contribution in [0.4, 0.5) is 13.6 Å². The molecule has 160 valence electrons. The molecule has 2 rings (SSSR count). The van der Waals surface area contributed by atoms with E-state index in [0.717, 1.165) is 0 Å². The third-order valence-electron chi connectivity index (χ3n) is 4.46. The van der Waals surface area contributed by atoms with Gasteiger partial charge in [-0.1, -0.05) is 6.42 Å². The second kappa shape index (κ2) is 8.34. The molecule has 1 fully saturated rings. The highest BCUT2D eigenvalue weighted by molar-refractivity contribution is 5.90. The molecule has 0 radical (unpaired) electrons. The molecule has 0 N–H and O–H groups in total. The van der Waals surface area contributed by atoms with Gasteiger partial charge in [-0.15, -0.1) is 0 Å². The van der Waals surface area contributed by atoms with Crippen LogP contribution < -0.4 is 9.84 Å². The van der Waals surface area contributed by atoms with Gasteiger partial charge in [-0.25, -0.2) is 9.59 Å². The molecule has 0 bridgehead atoms. The highest BCUT2D eigenvalue weighted by atomic mass is 19.3. The lowest BCUT2D eigenvalue weighted by Gasteiger charge is -2.42. The Morgan fingerprint density at radius 2 is 1.55 bits per heavy atom. The van der Waals surface area contributed by atoms with Gasteiger partial charge in [0.2, 0.25) is 0 Å². The predicted octanol–water partition coefficient (Wildman–Crippen LogP) is 3.25. The molecule has 1 aromatic carbocycles. The summed E-state index contributed by atoms with van der Waals surface area (Å²) in [4.78, 5) is 35.0. The van der Waals surface area contributed by atoms with Crippen molar-refractivity contribution in [2.24, 2.45) is 0 Å². The van der Waals surface area contributed by atoms with Gasteiger partial charge in [0.25, 0.3) is 0 Å². The van der Waals surface area contributed by atoms with Crippen molar-refractivity contribution in [3.63, 3.8) is 0 Å². The van der Waals surface area contributed by atoms with Gasteiger partial charge in [0.1, 0.15) is 17.3 Å². The zero-order valence-electron chi connectivity index (χ0n) is 16.5.